The average molecular weight is 141 g/mol. The van der Waals surface area contributed by atoms with Gasteiger partial charge in [-0.3, -0.25) is 0 Å². The average Bonchev–Trinajstić information content (AvgIpc) is 1.63. The number of aliphatic hydroxyl groups is 1. The van der Waals surface area contributed by atoms with Gasteiger partial charge in [0.2, 0.25) is 0 Å². The van der Waals surface area contributed by atoms with Crippen LogP contribution in [0.4, 0.5) is 0 Å². The molecule has 1 rings (SSSR count). The van der Waals surface area contributed by atoms with Crippen molar-refractivity contribution in [2.45, 2.75) is 23.3 Å². The van der Waals surface area contributed by atoms with Gasteiger partial charge in [0.15, 0.2) is 0 Å². The van der Waals surface area contributed by atoms with Crippen molar-refractivity contribution in [2.24, 2.45) is 0 Å². The van der Waals surface area contributed by atoms with E-state index in [1.54, 1.807) is 6.92 Å². The van der Waals surface area contributed by atoms with Crippen LogP contribution in [0.5, 0.6) is 0 Å². The van der Waals surface area contributed by atoms with E-state index in [2.05, 4.69) is 0 Å². The van der Waals surface area contributed by atoms with E-state index in [0.29, 0.717) is 6.42 Å². The SMILES string of the molecule is CC1(O)CC1(Cl)Cl. The Balaban J connectivity index is 2.59. The lowest BCUT2D eigenvalue weighted by atomic mass is 10.4. The first-order valence-corrected chi connectivity index (χ1v) is 2.81. The molecular weight excluding hydrogens is 135 g/mol. The highest BCUT2D eigenvalue weighted by atomic mass is 35.5. The van der Waals surface area contributed by atoms with Crippen molar-refractivity contribution in [2.75, 3.05) is 0 Å². The van der Waals surface area contributed by atoms with Gasteiger partial charge in [-0.05, 0) is 6.92 Å². The van der Waals surface area contributed by atoms with Crippen LogP contribution in [0, 0.1) is 0 Å². The topological polar surface area (TPSA) is 20.2 Å². The molecule has 1 N–H and O–H groups in total. The zero-order valence-corrected chi connectivity index (χ0v) is 5.42. The van der Waals surface area contributed by atoms with Gasteiger partial charge < -0.3 is 5.11 Å². The largest absolute Gasteiger partial charge is 0.387 e. The zero-order chi connectivity index (χ0) is 5.71. The van der Waals surface area contributed by atoms with Crippen LogP contribution in [0.3, 0.4) is 0 Å². The van der Waals surface area contributed by atoms with Crippen molar-refractivity contribution in [3.8, 4) is 0 Å². The molecule has 0 spiro atoms. The third kappa shape index (κ3) is 0.735. The fraction of sp³-hybridized carbons (Fsp3) is 1.00. The highest BCUT2D eigenvalue weighted by Gasteiger charge is 2.62. The molecule has 1 fully saturated rings. The van der Waals surface area contributed by atoms with Crippen LogP contribution < -0.4 is 0 Å². The summed E-state index contributed by atoms with van der Waals surface area (Å²) in [5.74, 6) is 0. The molecule has 1 aliphatic carbocycles. The zero-order valence-electron chi connectivity index (χ0n) is 3.91. The Morgan fingerprint density at radius 1 is 1.57 bits per heavy atom. The smallest absolute Gasteiger partial charge is 0.149 e. The van der Waals surface area contributed by atoms with Crippen molar-refractivity contribution in [1.29, 1.82) is 0 Å². The van der Waals surface area contributed by atoms with Crippen LogP contribution in [-0.4, -0.2) is 15.0 Å². The summed E-state index contributed by atoms with van der Waals surface area (Å²) in [6.07, 6.45) is 0.489. The Hall–Kier alpha value is 0.540. The predicted octanol–water partition coefficient (Wildman–Crippen LogP) is 1.31. The van der Waals surface area contributed by atoms with E-state index in [9.17, 15) is 0 Å². The second kappa shape index (κ2) is 1.09. The summed E-state index contributed by atoms with van der Waals surface area (Å²) in [6, 6.07) is 0. The second-order valence-corrected chi connectivity index (χ2v) is 3.64. The molecule has 7 heavy (non-hydrogen) atoms. The summed E-state index contributed by atoms with van der Waals surface area (Å²) in [6.45, 7) is 1.62. The summed E-state index contributed by atoms with van der Waals surface area (Å²) >= 11 is 10.9. The molecule has 1 atom stereocenters. The summed E-state index contributed by atoms with van der Waals surface area (Å²) in [5, 5.41) is 8.90. The molecule has 1 unspecified atom stereocenters. The maximum absolute atomic E-state index is 8.90. The molecule has 0 aromatic heterocycles. The molecule has 0 bridgehead atoms. The van der Waals surface area contributed by atoms with Crippen molar-refractivity contribution in [1.82, 2.24) is 0 Å². The van der Waals surface area contributed by atoms with Gasteiger partial charge in [0, 0.05) is 6.42 Å². The lowest BCUT2D eigenvalue weighted by molar-refractivity contribution is 0.168. The standard InChI is InChI=1S/C4H6Cl2O/c1-3(7)2-4(3,5)6/h7H,2H2,1H3. The molecule has 3 heteroatoms. The van der Waals surface area contributed by atoms with Gasteiger partial charge in [-0.15, -0.1) is 0 Å². The maximum Gasteiger partial charge on any atom is 0.149 e. The van der Waals surface area contributed by atoms with Crippen LogP contribution in [0.1, 0.15) is 13.3 Å². The first-order valence-electron chi connectivity index (χ1n) is 2.06. The number of hydrogen-bond acceptors (Lipinski definition) is 1. The van der Waals surface area contributed by atoms with Crippen LogP contribution in [0.25, 0.3) is 0 Å². The maximum atomic E-state index is 8.90. The van der Waals surface area contributed by atoms with Gasteiger partial charge in [-0.2, -0.15) is 0 Å². The van der Waals surface area contributed by atoms with E-state index < -0.39 is 9.93 Å². The Morgan fingerprint density at radius 2 is 1.71 bits per heavy atom. The molecule has 0 amide bonds. The number of alkyl halides is 2. The van der Waals surface area contributed by atoms with Gasteiger partial charge >= 0.3 is 0 Å². The lowest BCUT2D eigenvalue weighted by Gasteiger charge is -1.98. The number of hydrogen-bond donors (Lipinski definition) is 1. The van der Waals surface area contributed by atoms with Crippen LogP contribution in [-0.2, 0) is 0 Å². The van der Waals surface area contributed by atoms with E-state index in [4.69, 9.17) is 28.3 Å². The van der Waals surface area contributed by atoms with E-state index in [1.165, 1.54) is 0 Å². The summed E-state index contributed by atoms with van der Waals surface area (Å²) in [5.41, 5.74) is -0.823. The molecule has 1 aliphatic rings. The highest BCUT2D eigenvalue weighted by molar-refractivity contribution is 6.51. The normalized spacial score (nSPS) is 46.3. The Labute approximate surface area is 52.2 Å². The van der Waals surface area contributed by atoms with Crippen molar-refractivity contribution in [3.63, 3.8) is 0 Å². The third-order valence-electron chi connectivity index (χ3n) is 1.23. The summed E-state index contributed by atoms with van der Waals surface area (Å²) in [4.78, 5) is 0. The molecule has 42 valence electrons. The van der Waals surface area contributed by atoms with Crippen molar-refractivity contribution >= 4 is 23.2 Å². The Kier molecular flexibility index (Phi) is 0.887. The molecule has 0 aromatic rings. The van der Waals surface area contributed by atoms with Crippen molar-refractivity contribution in [3.05, 3.63) is 0 Å². The van der Waals surface area contributed by atoms with Crippen molar-refractivity contribution < 1.29 is 5.11 Å². The van der Waals surface area contributed by atoms with E-state index >= 15 is 0 Å². The van der Waals surface area contributed by atoms with Gasteiger partial charge in [0.05, 0.1) is 5.60 Å². The molecule has 1 nitrogen and oxygen atoms in total. The fourth-order valence-corrected chi connectivity index (χ4v) is 0.909. The van der Waals surface area contributed by atoms with E-state index in [-0.39, 0.29) is 0 Å². The lowest BCUT2D eigenvalue weighted by Crippen LogP contribution is -2.08. The Bertz CT molecular complexity index is 85.9. The van der Waals surface area contributed by atoms with Gasteiger partial charge in [0.1, 0.15) is 4.33 Å². The van der Waals surface area contributed by atoms with E-state index in [0.717, 1.165) is 0 Å². The summed E-state index contributed by atoms with van der Waals surface area (Å²) < 4.78 is -0.854. The quantitative estimate of drug-likeness (QED) is 0.504. The van der Waals surface area contributed by atoms with Crippen LogP contribution in [0.2, 0.25) is 0 Å². The number of halogens is 2. The molecule has 0 saturated heterocycles. The first-order chi connectivity index (χ1) is 2.96. The van der Waals surface area contributed by atoms with Gasteiger partial charge in [0.25, 0.3) is 0 Å². The molecule has 0 aliphatic heterocycles. The molecule has 0 heterocycles. The number of rotatable bonds is 0. The fourth-order valence-electron chi connectivity index (χ4n) is 0.388. The molecule has 0 aromatic carbocycles. The first kappa shape index (κ1) is 5.67. The van der Waals surface area contributed by atoms with Crippen LogP contribution in [0.15, 0.2) is 0 Å². The van der Waals surface area contributed by atoms with Gasteiger partial charge in [-0.1, -0.05) is 23.2 Å². The Morgan fingerprint density at radius 3 is 1.71 bits per heavy atom. The molecule has 1 saturated carbocycles. The molecular formula is C4H6Cl2O. The van der Waals surface area contributed by atoms with E-state index in [1.807, 2.05) is 0 Å². The minimum absolute atomic E-state index is 0.489. The molecule has 0 radical (unpaired) electrons. The third-order valence-corrected chi connectivity index (χ3v) is 2.31. The summed E-state index contributed by atoms with van der Waals surface area (Å²) in [7, 11) is 0. The minimum atomic E-state index is -0.854. The second-order valence-electron chi connectivity index (χ2n) is 2.16. The minimum Gasteiger partial charge on any atom is -0.387 e. The highest BCUT2D eigenvalue weighted by Crippen LogP contribution is 2.56. The van der Waals surface area contributed by atoms with Crippen LogP contribution >= 0.6 is 23.2 Å². The predicted molar refractivity (Wildman–Crippen MR) is 29.7 cm³/mol. The monoisotopic (exact) mass is 140 g/mol. The van der Waals surface area contributed by atoms with Gasteiger partial charge in [-0.25, -0.2) is 0 Å².